The van der Waals surface area contributed by atoms with Crippen LogP contribution in [0.4, 0.5) is 5.82 Å². The summed E-state index contributed by atoms with van der Waals surface area (Å²) in [4.78, 5) is 22.2. The monoisotopic (exact) mass is 394 g/mol. The average molecular weight is 395 g/mol. The smallest absolute Gasteiger partial charge is 0.226 e. The van der Waals surface area contributed by atoms with Gasteiger partial charge in [-0.3, -0.25) is 4.79 Å². The van der Waals surface area contributed by atoms with Gasteiger partial charge in [0, 0.05) is 69.1 Å². The molecule has 7 heteroatoms. The molecule has 2 aromatic rings. The number of carbonyl (C=O) groups excluding carboxylic acids is 1. The minimum atomic E-state index is 0.0986. The lowest BCUT2D eigenvalue weighted by atomic mass is 9.88. The maximum absolute atomic E-state index is 13.2. The molecule has 1 aliphatic carbocycles. The highest BCUT2D eigenvalue weighted by molar-refractivity contribution is 5.79. The molecule has 2 aliphatic heterocycles. The van der Waals surface area contributed by atoms with Crippen molar-refractivity contribution >= 4 is 11.7 Å². The van der Waals surface area contributed by atoms with Gasteiger partial charge in [0.1, 0.15) is 5.82 Å². The fourth-order valence-electron chi connectivity index (χ4n) is 5.26. The van der Waals surface area contributed by atoms with Crippen LogP contribution in [0.5, 0.6) is 0 Å². The van der Waals surface area contributed by atoms with Crippen molar-refractivity contribution in [1.29, 1.82) is 0 Å². The van der Waals surface area contributed by atoms with E-state index in [2.05, 4.69) is 19.7 Å². The molecule has 1 atom stereocenters. The SMILES string of the molecule is O=C([C@@H]1CCn2c(cnc2C2CCCCC2)C1)N1CCN(c2cccnn2)CC1. The Balaban J connectivity index is 1.20. The molecule has 0 bridgehead atoms. The van der Waals surface area contributed by atoms with Crippen LogP contribution in [0.1, 0.15) is 56.0 Å². The number of hydrogen-bond donors (Lipinski definition) is 0. The molecule has 3 aliphatic rings. The standard InChI is InChI=1S/C22H30N6O/c29-22(27-13-11-26(12-14-27)20-7-4-9-24-25-20)18-8-10-28-19(15-18)16-23-21(28)17-5-2-1-3-6-17/h4,7,9,16-18H,1-3,5-6,8,10-15H2/t18-/m1/s1. The van der Waals surface area contributed by atoms with Gasteiger partial charge in [-0.1, -0.05) is 19.3 Å². The quantitative estimate of drug-likeness (QED) is 0.801. The molecule has 1 saturated heterocycles. The summed E-state index contributed by atoms with van der Waals surface area (Å²) < 4.78 is 2.42. The number of piperazine rings is 1. The van der Waals surface area contributed by atoms with Crippen LogP contribution in [-0.2, 0) is 17.8 Å². The Hall–Kier alpha value is -2.44. The van der Waals surface area contributed by atoms with Gasteiger partial charge in [-0.05, 0) is 31.4 Å². The molecule has 4 heterocycles. The number of rotatable bonds is 3. The first-order valence-corrected chi connectivity index (χ1v) is 11.2. The molecular formula is C22H30N6O. The molecule has 0 spiro atoms. The lowest BCUT2D eigenvalue weighted by Crippen LogP contribution is -2.51. The van der Waals surface area contributed by atoms with E-state index in [1.807, 2.05) is 23.2 Å². The average Bonchev–Trinajstić information content (AvgIpc) is 3.23. The molecule has 5 rings (SSSR count). The first-order valence-electron chi connectivity index (χ1n) is 11.2. The largest absolute Gasteiger partial charge is 0.352 e. The Morgan fingerprint density at radius 2 is 1.83 bits per heavy atom. The van der Waals surface area contributed by atoms with Crippen molar-refractivity contribution in [2.75, 3.05) is 31.1 Å². The van der Waals surface area contributed by atoms with Crippen molar-refractivity contribution in [3.05, 3.63) is 36.0 Å². The number of aromatic nitrogens is 4. The van der Waals surface area contributed by atoms with Crippen molar-refractivity contribution < 1.29 is 4.79 Å². The Bertz CT molecular complexity index is 836. The molecule has 154 valence electrons. The summed E-state index contributed by atoms with van der Waals surface area (Å²) in [6.45, 7) is 4.11. The third-order valence-corrected chi connectivity index (χ3v) is 6.92. The maximum atomic E-state index is 13.2. The summed E-state index contributed by atoms with van der Waals surface area (Å²) in [6.07, 6.45) is 12.1. The topological polar surface area (TPSA) is 67.2 Å². The van der Waals surface area contributed by atoms with Crippen LogP contribution in [-0.4, -0.2) is 56.7 Å². The highest BCUT2D eigenvalue weighted by Crippen LogP contribution is 2.34. The van der Waals surface area contributed by atoms with E-state index in [1.54, 1.807) is 6.20 Å². The van der Waals surface area contributed by atoms with Crippen molar-refractivity contribution in [3.8, 4) is 0 Å². The molecule has 0 aromatic carbocycles. The second-order valence-corrected chi connectivity index (χ2v) is 8.68. The van der Waals surface area contributed by atoms with Gasteiger partial charge in [0.15, 0.2) is 5.82 Å². The van der Waals surface area contributed by atoms with Crippen LogP contribution < -0.4 is 4.90 Å². The highest BCUT2D eigenvalue weighted by Gasteiger charge is 2.32. The van der Waals surface area contributed by atoms with E-state index in [1.165, 1.54) is 43.6 Å². The molecule has 1 saturated carbocycles. The fraction of sp³-hybridized carbons (Fsp3) is 0.636. The normalized spacial score (nSPS) is 23.1. The maximum Gasteiger partial charge on any atom is 0.226 e. The Morgan fingerprint density at radius 3 is 2.59 bits per heavy atom. The van der Waals surface area contributed by atoms with Crippen LogP contribution in [0.25, 0.3) is 0 Å². The van der Waals surface area contributed by atoms with E-state index in [4.69, 9.17) is 4.98 Å². The second-order valence-electron chi connectivity index (χ2n) is 8.68. The van der Waals surface area contributed by atoms with E-state index in [0.717, 1.165) is 51.4 Å². The lowest BCUT2D eigenvalue weighted by Gasteiger charge is -2.37. The summed E-state index contributed by atoms with van der Waals surface area (Å²) in [5.41, 5.74) is 1.26. The van der Waals surface area contributed by atoms with Crippen molar-refractivity contribution in [2.45, 2.75) is 57.4 Å². The minimum Gasteiger partial charge on any atom is -0.352 e. The summed E-state index contributed by atoms with van der Waals surface area (Å²) in [7, 11) is 0. The van der Waals surface area contributed by atoms with Gasteiger partial charge in [0.05, 0.1) is 0 Å². The van der Waals surface area contributed by atoms with E-state index in [9.17, 15) is 4.79 Å². The molecular weight excluding hydrogens is 364 g/mol. The lowest BCUT2D eigenvalue weighted by molar-refractivity contribution is -0.136. The van der Waals surface area contributed by atoms with Gasteiger partial charge in [0.25, 0.3) is 0 Å². The second kappa shape index (κ2) is 8.13. The number of anilines is 1. The van der Waals surface area contributed by atoms with Gasteiger partial charge in [-0.15, -0.1) is 5.10 Å². The Kier molecular flexibility index (Phi) is 5.21. The zero-order chi connectivity index (χ0) is 19.6. The zero-order valence-electron chi connectivity index (χ0n) is 17.0. The first-order chi connectivity index (χ1) is 14.3. The number of carbonyl (C=O) groups is 1. The molecule has 2 aromatic heterocycles. The van der Waals surface area contributed by atoms with Gasteiger partial charge in [-0.2, -0.15) is 5.10 Å². The number of nitrogens with zero attached hydrogens (tertiary/aromatic N) is 6. The fourth-order valence-corrected chi connectivity index (χ4v) is 5.26. The van der Waals surface area contributed by atoms with Gasteiger partial charge in [-0.25, -0.2) is 4.98 Å². The molecule has 1 amide bonds. The zero-order valence-corrected chi connectivity index (χ0v) is 17.0. The molecule has 29 heavy (non-hydrogen) atoms. The van der Waals surface area contributed by atoms with Crippen molar-refractivity contribution in [2.24, 2.45) is 5.92 Å². The van der Waals surface area contributed by atoms with Crippen LogP contribution in [0.3, 0.4) is 0 Å². The van der Waals surface area contributed by atoms with Gasteiger partial charge in [0.2, 0.25) is 5.91 Å². The number of hydrogen-bond acceptors (Lipinski definition) is 5. The third kappa shape index (κ3) is 3.74. The summed E-state index contributed by atoms with van der Waals surface area (Å²) in [5, 5.41) is 8.15. The summed E-state index contributed by atoms with van der Waals surface area (Å²) >= 11 is 0. The molecule has 0 radical (unpaired) electrons. The van der Waals surface area contributed by atoms with Crippen LogP contribution in [0.2, 0.25) is 0 Å². The van der Waals surface area contributed by atoms with Crippen LogP contribution in [0, 0.1) is 5.92 Å². The van der Waals surface area contributed by atoms with Crippen LogP contribution >= 0.6 is 0 Å². The van der Waals surface area contributed by atoms with E-state index in [0.29, 0.717) is 11.8 Å². The predicted molar refractivity (Wildman–Crippen MR) is 111 cm³/mol. The number of imidazole rings is 1. The predicted octanol–water partition coefficient (Wildman–Crippen LogP) is 2.63. The van der Waals surface area contributed by atoms with Gasteiger partial charge < -0.3 is 14.4 Å². The first kappa shape index (κ1) is 18.6. The molecule has 2 fully saturated rings. The van der Waals surface area contributed by atoms with Crippen LogP contribution in [0.15, 0.2) is 24.5 Å². The van der Waals surface area contributed by atoms with E-state index < -0.39 is 0 Å². The minimum absolute atomic E-state index is 0.0986. The van der Waals surface area contributed by atoms with E-state index in [-0.39, 0.29) is 5.92 Å². The number of fused-ring (bicyclic) bond motifs is 1. The summed E-state index contributed by atoms with van der Waals surface area (Å²) in [6, 6.07) is 3.89. The third-order valence-electron chi connectivity index (χ3n) is 6.92. The Labute approximate surface area is 172 Å². The summed E-state index contributed by atoms with van der Waals surface area (Å²) in [5.74, 6) is 3.22. The number of amides is 1. The molecule has 7 nitrogen and oxygen atoms in total. The van der Waals surface area contributed by atoms with Crippen molar-refractivity contribution in [3.63, 3.8) is 0 Å². The van der Waals surface area contributed by atoms with Gasteiger partial charge >= 0.3 is 0 Å². The Morgan fingerprint density at radius 1 is 1.00 bits per heavy atom. The molecule has 0 N–H and O–H groups in total. The van der Waals surface area contributed by atoms with E-state index >= 15 is 0 Å². The van der Waals surface area contributed by atoms with Crippen molar-refractivity contribution in [1.82, 2.24) is 24.6 Å². The highest BCUT2D eigenvalue weighted by atomic mass is 16.2. The molecule has 0 unspecified atom stereocenters.